The van der Waals surface area contributed by atoms with Gasteiger partial charge in [-0.05, 0) is 78.6 Å². The lowest BCUT2D eigenvalue weighted by molar-refractivity contribution is -0.124. The molecule has 0 aromatic heterocycles. The van der Waals surface area contributed by atoms with E-state index in [0.29, 0.717) is 34.6 Å². The number of anilines is 1. The predicted molar refractivity (Wildman–Crippen MR) is 116 cm³/mol. The fraction of sp³-hybridized carbons (Fsp3) is 0.346. The molecular formula is C26H23NO5. The highest BCUT2D eigenvalue weighted by molar-refractivity contribution is 6.22. The quantitative estimate of drug-likeness (QED) is 0.399. The topological polar surface area (TPSA) is 72.9 Å². The molecular weight excluding hydrogens is 406 g/mol. The molecule has 7 rings (SSSR count). The van der Waals surface area contributed by atoms with Crippen LogP contribution in [0.3, 0.4) is 0 Å². The number of benzene rings is 2. The van der Waals surface area contributed by atoms with Crippen molar-refractivity contribution in [3.8, 4) is 11.5 Å². The van der Waals surface area contributed by atoms with Gasteiger partial charge in [-0.2, -0.15) is 0 Å². The third kappa shape index (κ3) is 2.82. The Kier molecular flexibility index (Phi) is 4.25. The highest BCUT2D eigenvalue weighted by Gasteiger charge is 2.67. The van der Waals surface area contributed by atoms with E-state index in [2.05, 4.69) is 12.2 Å². The lowest BCUT2D eigenvalue weighted by atomic mass is 9.63. The highest BCUT2D eigenvalue weighted by atomic mass is 16.5. The lowest BCUT2D eigenvalue weighted by Crippen LogP contribution is -2.40. The number of Topliss-reactive ketones (excluding diaryl/α,β-unsaturated/α-hetero) is 1. The zero-order chi connectivity index (χ0) is 22.0. The van der Waals surface area contributed by atoms with Crippen LogP contribution in [0.4, 0.5) is 5.69 Å². The summed E-state index contributed by atoms with van der Waals surface area (Å²) >= 11 is 0. The first-order valence-electron chi connectivity index (χ1n) is 11.0. The van der Waals surface area contributed by atoms with Crippen LogP contribution in [0, 0.1) is 35.5 Å². The van der Waals surface area contributed by atoms with Crippen LogP contribution in [0.1, 0.15) is 16.8 Å². The molecule has 0 unspecified atom stereocenters. The molecule has 5 aliphatic rings. The molecule has 32 heavy (non-hydrogen) atoms. The Morgan fingerprint density at radius 3 is 2.00 bits per heavy atom. The standard InChI is InChI=1S/C26H23NO5/c1-31-16-6-2-14(3-7-16)22(28)13-32-17-8-4-15(5-9-17)27-25(29)23-18-10-11-19(21-12-20(18)21)24(23)26(27)30/h2-11,18-21,23-24H,12-13H2,1H3/t18-,19-,20-,21+,23+,24+/m1/s1. The van der Waals surface area contributed by atoms with Gasteiger partial charge in [0.25, 0.3) is 0 Å². The molecule has 2 amide bonds. The van der Waals surface area contributed by atoms with Gasteiger partial charge < -0.3 is 9.47 Å². The summed E-state index contributed by atoms with van der Waals surface area (Å²) in [4.78, 5) is 40.1. The molecule has 2 bridgehead atoms. The number of hydrogen-bond acceptors (Lipinski definition) is 5. The second-order valence-corrected chi connectivity index (χ2v) is 9.10. The minimum Gasteiger partial charge on any atom is -0.497 e. The average Bonchev–Trinajstić information content (AvgIpc) is 3.61. The number of nitrogens with zero attached hydrogens (tertiary/aromatic N) is 1. The Balaban J connectivity index is 1.14. The van der Waals surface area contributed by atoms with Crippen molar-refractivity contribution in [1.82, 2.24) is 0 Å². The second-order valence-electron chi connectivity index (χ2n) is 9.10. The summed E-state index contributed by atoms with van der Waals surface area (Å²) in [5.41, 5.74) is 1.11. The third-order valence-electron chi connectivity index (χ3n) is 7.54. The molecule has 1 saturated heterocycles. The second kappa shape index (κ2) is 7.05. The van der Waals surface area contributed by atoms with Crippen LogP contribution in [0.15, 0.2) is 60.7 Å². The van der Waals surface area contributed by atoms with Crippen molar-refractivity contribution in [3.63, 3.8) is 0 Å². The van der Waals surface area contributed by atoms with Gasteiger partial charge in [-0.25, -0.2) is 0 Å². The zero-order valence-corrected chi connectivity index (χ0v) is 17.6. The molecule has 1 aliphatic heterocycles. The van der Waals surface area contributed by atoms with Gasteiger partial charge in [0, 0.05) is 5.56 Å². The predicted octanol–water partition coefficient (Wildman–Crippen LogP) is 3.51. The summed E-state index contributed by atoms with van der Waals surface area (Å²) in [5, 5.41) is 0. The van der Waals surface area contributed by atoms with Gasteiger partial charge >= 0.3 is 0 Å². The Morgan fingerprint density at radius 1 is 0.875 bits per heavy atom. The Bertz CT molecular complexity index is 1100. The molecule has 0 radical (unpaired) electrons. The average molecular weight is 429 g/mol. The minimum atomic E-state index is -0.209. The number of allylic oxidation sites excluding steroid dienone is 2. The molecule has 2 aromatic rings. The van der Waals surface area contributed by atoms with Crippen LogP contribution in [0.25, 0.3) is 0 Å². The van der Waals surface area contributed by atoms with Crippen molar-refractivity contribution >= 4 is 23.3 Å². The van der Waals surface area contributed by atoms with E-state index in [1.54, 1.807) is 55.6 Å². The van der Waals surface area contributed by atoms with Crippen molar-refractivity contribution in [2.45, 2.75) is 6.42 Å². The number of carbonyl (C=O) groups excluding carboxylic acids is 3. The summed E-state index contributed by atoms with van der Waals surface area (Å²) in [6.07, 6.45) is 5.49. The molecule has 2 saturated carbocycles. The summed E-state index contributed by atoms with van der Waals surface area (Å²) in [7, 11) is 1.57. The molecule has 6 nitrogen and oxygen atoms in total. The van der Waals surface area contributed by atoms with Gasteiger partial charge in [0.05, 0.1) is 24.6 Å². The molecule has 2 aromatic carbocycles. The maximum atomic E-state index is 13.2. The van der Waals surface area contributed by atoms with Gasteiger partial charge in [0.2, 0.25) is 11.8 Å². The maximum Gasteiger partial charge on any atom is 0.238 e. The number of ketones is 1. The van der Waals surface area contributed by atoms with Crippen molar-refractivity contribution in [2.24, 2.45) is 35.5 Å². The summed E-state index contributed by atoms with van der Waals surface area (Å²) in [5.74, 6) is 2.07. The Morgan fingerprint density at radius 2 is 1.44 bits per heavy atom. The molecule has 0 N–H and O–H groups in total. The number of ether oxygens (including phenoxy) is 2. The van der Waals surface area contributed by atoms with Crippen LogP contribution in [0.2, 0.25) is 0 Å². The Hall–Kier alpha value is -3.41. The van der Waals surface area contributed by atoms with E-state index in [-0.39, 0.29) is 47.9 Å². The summed E-state index contributed by atoms with van der Waals surface area (Å²) < 4.78 is 10.7. The van der Waals surface area contributed by atoms with Crippen molar-refractivity contribution in [3.05, 3.63) is 66.2 Å². The summed E-state index contributed by atoms with van der Waals surface area (Å²) in [6, 6.07) is 13.7. The number of methoxy groups -OCH3 is 1. The van der Waals surface area contributed by atoms with Crippen molar-refractivity contribution < 1.29 is 23.9 Å². The van der Waals surface area contributed by atoms with E-state index in [1.807, 2.05) is 0 Å². The molecule has 4 aliphatic carbocycles. The Labute approximate surface area is 185 Å². The van der Waals surface area contributed by atoms with Crippen molar-refractivity contribution in [1.29, 1.82) is 0 Å². The van der Waals surface area contributed by atoms with Crippen LogP contribution in [-0.4, -0.2) is 31.3 Å². The monoisotopic (exact) mass is 429 g/mol. The van der Waals surface area contributed by atoms with Gasteiger partial charge in [0.1, 0.15) is 11.5 Å². The molecule has 1 heterocycles. The zero-order valence-electron chi connectivity index (χ0n) is 17.6. The molecule has 6 atom stereocenters. The maximum absolute atomic E-state index is 13.2. The molecule has 162 valence electrons. The smallest absolute Gasteiger partial charge is 0.238 e. The first-order chi connectivity index (χ1) is 15.6. The fourth-order valence-corrected chi connectivity index (χ4v) is 5.91. The normalized spacial score (nSPS) is 31.3. The van der Waals surface area contributed by atoms with E-state index in [1.165, 1.54) is 4.90 Å². The first-order valence-corrected chi connectivity index (χ1v) is 11.0. The fourth-order valence-electron chi connectivity index (χ4n) is 5.91. The van der Waals surface area contributed by atoms with Crippen LogP contribution < -0.4 is 14.4 Å². The van der Waals surface area contributed by atoms with Crippen LogP contribution in [0.5, 0.6) is 11.5 Å². The number of carbonyl (C=O) groups is 3. The number of imide groups is 1. The molecule has 0 spiro atoms. The van der Waals surface area contributed by atoms with E-state index in [4.69, 9.17) is 9.47 Å². The molecule has 3 fully saturated rings. The largest absolute Gasteiger partial charge is 0.497 e. The molecule has 6 heteroatoms. The van der Waals surface area contributed by atoms with E-state index >= 15 is 0 Å². The summed E-state index contributed by atoms with van der Waals surface area (Å²) in [6.45, 7) is -0.102. The van der Waals surface area contributed by atoms with Crippen LogP contribution in [-0.2, 0) is 9.59 Å². The van der Waals surface area contributed by atoms with E-state index in [9.17, 15) is 14.4 Å². The van der Waals surface area contributed by atoms with E-state index in [0.717, 1.165) is 6.42 Å². The van der Waals surface area contributed by atoms with Gasteiger partial charge in [-0.3, -0.25) is 19.3 Å². The number of hydrogen-bond donors (Lipinski definition) is 0. The van der Waals surface area contributed by atoms with Crippen molar-refractivity contribution in [2.75, 3.05) is 18.6 Å². The number of amides is 2. The highest BCUT2D eigenvalue weighted by Crippen LogP contribution is 2.65. The SMILES string of the molecule is COc1ccc(C(=O)COc2ccc(N3C(=O)[C@H]4[C@@H]5C=C[C@H]([C@@H]6C[C@H]56)[C@@H]4C3=O)cc2)cc1. The van der Waals surface area contributed by atoms with Gasteiger partial charge in [-0.15, -0.1) is 0 Å². The van der Waals surface area contributed by atoms with Crippen LogP contribution >= 0.6 is 0 Å². The van der Waals surface area contributed by atoms with Gasteiger partial charge in [-0.1, -0.05) is 12.2 Å². The first kappa shape index (κ1) is 19.3. The van der Waals surface area contributed by atoms with E-state index < -0.39 is 0 Å². The lowest BCUT2D eigenvalue weighted by Gasteiger charge is -2.37. The number of rotatable bonds is 6. The third-order valence-corrected chi connectivity index (χ3v) is 7.54. The minimum absolute atomic E-state index is 0.0759. The van der Waals surface area contributed by atoms with Gasteiger partial charge in [0.15, 0.2) is 12.4 Å².